The zero-order chi connectivity index (χ0) is 22.7. The SMILES string of the molecule is COc1ccc(F)c(CN2CCc3nnc([C@H](NC(=O)c4ccoc4)C(C)C)n3CC2)c1. The lowest BCUT2D eigenvalue weighted by Crippen LogP contribution is -2.34. The molecule has 1 amide bonds. The topological polar surface area (TPSA) is 85.4 Å². The number of amides is 1. The highest BCUT2D eigenvalue weighted by molar-refractivity contribution is 5.94. The molecule has 0 fully saturated rings. The van der Waals surface area contributed by atoms with Crippen molar-refractivity contribution in [3.63, 3.8) is 0 Å². The molecule has 1 aliphatic heterocycles. The van der Waals surface area contributed by atoms with Crippen molar-refractivity contribution in [1.82, 2.24) is 25.0 Å². The number of methoxy groups -OCH3 is 1. The second-order valence-electron chi connectivity index (χ2n) is 8.32. The lowest BCUT2D eigenvalue weighted by molar-refractivity contribution is 0.0921. The van der Waals surface area contributed by atoms with Gasteiger partial charge in [0.15, 0.2) is 5.82 Å². The van der Waals surface area contributed by atoms with Gasteiger partial charge in [0.2, 0.25) is 0 Å². The first kappa shape index (κ1) is 22.0. The summed E-state index contributed by atoms with van der Waals surface area (Å²) in [5.74, 6) is 1.92. The van der Waals surface area contributed by atoms with Gasteiger partial charge in [0.25, 0.3) is 5.91 Å². The molecule has 0 bridgehead atoms. The fourth-order valence-electron chi connectivity index (χ4n) is 3.96. The zero-order valence-electron chi connectivity index (χ0n) is 18.5. The minimum absolute atomic E-state index is 0.115. The second kappa shape index (κ2) is 9.52. The maximum atomic E-state index is 14.3. The van der Waals surface area contributed by atoms with Gasteiger partial charge < -0.3 is 19.0 Å². The van der Waals surface area contributed by atoms with Gasteiger partial charge in [0.1, 0.15) is 23.7 Å². The Morgan fingerprint density at radius 3 is 2.81 bits per heavy atom. The van der Waals surface area contributed by atoms with E-state index in [9.17, 15) is 9.18 Å². The van der Waals surface area contributed by atoms with E-state index in [1.54, 1.807) is 25.3 Å². The molecular formula is C23H28FN5O3. The van der Waals surface area contributed by atoms with Crippen molar-refractivity contribution in [1.29, 1.82) is 0 Å². The predicted molar refractivity (Wildman–Crippen MR) is 116 cm³/mol. The summed E-state index contributed by atoms with van der Waals surface area (Å²) < 4.78 is 26.7. The van der Waals surface area contributed by atoms with Gasteiger partial charge in [-0.25, -0.2) is 4.39 Å². The van der Waals surface area contributed by atoms with Gasteiger partial charge in [0.05, 0.1) is 25.0 Å². The van der Waals surface area contributed by atoms with E-state index in [0.717, 1.165) is 24.7 Å². The van der Waals surface area contributed by atoms with E-state index in [1.807, 2.05) is 13.8 Å². The van der Waals surface area contributed by atoms with Crippen molar-refractivity contribution in [3.05, 3.63) is 65.4 Å². The van der Waals surface area contributed by atoms with Crippen LogP contribution >= 0.6 is 0 Å². The van der Waals surface area contributed by atoms with Crippen molar-refractivity contribution in [2.24, 2.45) is 5.92 Å². The number of carbonyl (C=O) groups is 1. The Morgan fingerprint density at radius 1 is 1.25 bits per heavy atom. The molecule has 4 rings (SSSR count). The molecule has 0 aliphatic carbocycles. The number of nitrogens with one attached hydrogen (secondary N) is 1. The van der Waals surface area contributed by atoms with E-state index in [1.165, 1.54) is 18.6 Å². The maximum absolute atomic E-state index is 14.3. The number of fused-ring (bicyclic) bond motifs is 1. The third-order valence-electron chi connectivity index (χ3n) is 5.81. The van der Waals surface area contributed by atoms with Gasteiger partial charge in [-0.1, -0.05) is 13.8 Å². The van der Waals surface area contributed by atoms with Crippen LogP contribution < -0.4 is 10.1 Å². The molecule has 3 aromatic rings. The first-order chi connectivity index (χ1) is 15.5. The highest BCUT2D eigenvalue weighted by Crippen LogP contribution is 2.24. The molecule has 0 radical (unpaired) electrons. The minimum atomic E-state index is -0.291. The largest absolute Gasteiger partial charge is 0.497 e. The monoisotopic (exact) mass is 441 g/mol. The molecule has 0 spiro atoms. The van der Waals surface area contributed by atoms with Gasteiger partial charge in [-0.05, 0) is 30.2 Å². The number of furan rings is 1. The molecule has 0 unspecified atom stereocenters. The quantitative estimate of drug-likeness (QED) is 0.606. The third kappa shape index (κ3) is 4.67. The van der Waals surface area contributed by atoms with Gasteiger partial charge >= 0.3 is 0 Å². The molecule has 3 heterocycles. The second-order valence-corrected chi connectivity index (χ2v) is 8.32. The summed E-state index contributed by atoms with van der Waals surface area (Å²) in [4.78, 5) is 14.8. The lowest BCUT2D eigenvalue weighted by Gasteiger charge is -2.23. The molecule has 0 saturated heterocycles. The first-order valence-corrected chi connectivity index (χ1v) is 10.8. The Hall–Kier alpha value is -3.20. The molecule has 170 valence electrons. The molecule has 1 aliphatic rings. The van der Waals surface area contributed by atoms with Crippen LogP contribution in [0.15, 0.2) is 41.2 Å². The normalized spacial score (nSPS) is 15.3. The van der Waals surface area contributed by atoms with Crippen LogP contribution in [0.5, 0.6) is 5.75 Å². The van der Waals surface area contributed by atoms with E-state index < -0.39 is 0 Å². The number of hydrogen-bond acceptors (Lipinski definition) is 6. The third-order valence-corrected chi connectivity index (χ3v) is 5.81. The van der Waals surface area contributed by atoms with Crippen molar-refractivity contribution in [2.45, 2.75) is 39.4 Å². The average molecular weight is 442 g/mol. The summed E-state index contributed by atoms with van der Waals surface area (Å²) >= 11 is 0. The number of carbonyl (C=O) groups excluding carboxylic acids is 1. The smallest absolute Gasteiger partial charge is 0.255 e. The van der Waals surface area contributed by atoms with E-state index in [2.05, 4.69) is 25.0 Å². The summed E-state index contributed by atoms with van der Waals surface area (Å²) in [6, 6.07) is 6.15. The van der Waals surface area contributed by atoms with Crippen LogP contribution in [0.2, 0.25) is 0 Å². The van der Waals surface area contributed by atoms with Crippen LogP contribution in [0.1, 0.15) is 47.5 Å². The highest BCUT2D eigenvalue weighted by atomic mass is 19.1. The fraction of sp³-hybridized carbons (Fsp3) is 0.435. The molecule has 9 heteroatoms. The average Bonchev–Trinajstić information content (AvgIpc) is 3.41. The van der Waals surface area contributed by atoms with Crippen molar-refractivity contribution >= 4 is 5.91 Å². The zero-order valence-corrected chi connectivity index (χ0v) is 18.5. The summed E-state index contributed by atoms with van der Waals surface area (Å²) in [5.41, 5.74) is 1.08. The molecule has 1 N–H and O–H groups in total. The van der Waals surface area contributed by atoms with E-state index in [4.69, 9.17) is 9.15 Å². The first-order valence-electron chi connectivity index (χ1n) is 10.8. The molecular weight excluding hydrogens is 413 g/mol. The van der Waals surface area contributed by atoms with E-state index >= 15 is 0 Å². The maximum Gasteiger partial charge on any atom is 0.255 e. The van der Waals surface area contributed by atoms with Gasteiger partial charge in [-0.3, -0.25) is 9.69 Å². The van der Waals surface area contributed by atoms with Crippen LogP contribution in [0.3, 0.4) is 0 Å². The number of rotatable bonds is 7. The Balaban J connectivity index is 1.49. The minimum Gasteiger partial charge on any atom is -0.497 e. The number of halogens is 1. The number of aromatic nitrogens is 3. The Kier molecular flexibility index (Phi) is 6.55. The highest BCUT2D eigenvalue weighted by Gasteiger charge is 2.28. The molecule has 0 saturated carbocycles. The number of nitrogens with zero attached hydrogens (tertiary/aromatic N) is 4. The number of ether oxygens (including phenoxy) is 1. The Labute approximate surface area is 186 Å². The molecule has 2 aromatic heterocycles. The summed E-state index contributed by atoms with van der Waals surface area (Å²) in [7, 11) is 1.58. The summed E-state index contributed by atoms with van der Waals surface area (Å²) in [6.07, 6.45) is 3.59. The van der Waals surface area contributed by atoms with Crippen molar-refractivity contribution < 1.29 is 18.3 Å². The van der Waals surface area contributed by atoms with Crippen molar-refractivity contribution in [3.8, 4) is 5.75 Å². The fourth-order valence-corrected chi connectivity index (χ4v) is 3.96. The molecule has 8 nitrogen and oxygen atoms in total. The number of hydrogen-bond donors (Lipinski definition) is 1. The van der Waals surface area contributed by atoms with Crippen LogP contribution in [0.4, 0.5) is 4.39 Å². The van der Waals surface area contributed by atoms with E-state index in [-0.39, 0.29) is 23.7 Å². The Bertz CT molecular complexity index is 1060. The molecule has 1 aromatic carbocycles. The standard InChI is InChI=1S/C23H28FN5O3/c1-15(2)21(25-23(30)16-7-11-32-14-16)22-27-26-20-6-8-28(9-10-29(20)22)13-17-12-18(31-3)4-5-19(17)24/h4-5,7,11-12,14-15,21H,6,8-10,13H2,1-3H3,(H,25,30)/t21-/m1/s1. The van der Waals surface area contributed by atoms with Crippen LogP contribution in [0, 0.1) is 11.7 Å². The predicted octanol–water partition coefficient (Wildman–Crippen LogP) is 3.20. The van der Waals surface area contributed by atoms with E-state index in [0.29, 0.717) is 36.4 Å². The molecule has 32 heavy (non-hydrogen) atoms. The summed E-state index contributed by atoms with van der Waals surface area (Å²) in [6.45, 7) is 6.68. The van der Waals surface area contributed by atoms with Crippen LogP contribution in [-0.4, -0.2) is 45.8 Å². The van der Waals surface area contributed by atoms with Gasteiger partial charge in [0, 0.05) is 38.2 Å². The van der Waals surface area contributed by atoms with Crippen LogP contribution in [0.25, 0.3) is 0 Å². The van der Waals surface area contributed by atoms with Crippen LogP contribution in [-0.2, 0) is 19.5 Å². The Morgan fingerprint density at radius 2 is 2.09 bits per heavy atom. The van der Waals surface area contributed by atoms with Gasteiger partial charge in [-0.15, -0.1) is 10.2 Å². The number of benzene rings is 1. The van der Waals surface area contributed by atoms with Crippen molar-refractivity contribution in [2.75, 3.05) is 20.2 Å². The van der Waals surface area contributed by atoms with Gasteiger partial charge in [-0.2, -0.15) is 0 Å². The molecule has 1 atom stereocenters. The summed E-state index contributed by atoms with van der Waals surface area (Å²) in [5, 5.41) is 11.9. The lowest BCUT2D eigenvalue weighted by atomic mass is 10.0.